The fraction of sp³-hybridized carbons (Fsp3) is 0.357. The van der Waals surface area contributed by atoms with Crippen molar-refractivity contribution in [2.24, 2.45) is 0 Å². The molecule has 0 radical (unpaired) electrons. The molecule has 0 saturated carbocycles. The molecule has 0 bridgehead atoms. The number of piperidine rings is 1. The number of amides is 1. The van der Waals surface area contributed by atoms with Gasteiger partial charge in [-0.2, -0.15) is 0 Å². The largest absolute Gasteiger partial charge is 0.480 e. The van der Waals surface area contributed by atoms with Crippen LogP contribution in [0, 0.1) is 0 Å². The molecule has 1 fully saturated rings. The lowest BCUT2D eigenvalue weighted by molar-refractivity contribution is -0.150. The fourth-order valence-corrected chi connectivity index (χ4v) is 2.55. The minimum absolute atomic E-state index is 0.271. The lowest BCUT2D eigenvalue weighted by Gasteiger charge is -2.32. The number of carboxylic acids is 1. The average molecular weight is 340 g/mol. The van der Waals surface area contributed by atoms with Gasteiger partial charge in [-0.3, -0.25) is 9.59 Å². The van der Waals surface area contributed by atoms with Crippen molar-refractivity contribution in [2.75, 3.05) is 6.54 Å². The summed E-state index contributed by atoms with van der Waals surface area (Å²) >= 11 is 3.25. The van der Waals surface area contributed by atoms with Crippen molar-refractivity contribution in [3.8, 4) is 0 Å². The van der Waals surface area contributed by atoms with Crippen molar-refractivity contribution in [3.63, 3.8) is 0 Å². The summed E-state index contributed by atoms with van der Waals surface area (Å²) in [6.45, 7) is 0.318. The first-order valence-corrected chi connectivity index (χ1v) is 7.13. The van der Waals surface area contributed by atoms with E-state index in [1.807, 2.05) is 0 Å². The maximum Gasteiger partial charge on any atom is 0.326 e. The van der Waals surface area contributed by atoms with E-state index in [1.165, 1.54) is 4.90 Å². The van der Waals surface area contributed by atoms with Crippen molar-refractivity contribution in [1.29, 1.82) is 0 Å². The van der Waals surface area contributed by atoms with Gasteiger partial charge in [0.25, 0.3) is 5.91 Å². The maximum absolute atomic E-state index is 12.2. The molecule has 1 atom stereocenters. The van der Waals surface area contributed by atoms with E-state index in [-0.39, 0.29) is 5.56 Å². The van der Waals surface area contributed by atoms with Gasteiger partial charge < -0.3 is 10.0 Å². The van der Waals surface area contributed by atoms with E-state index in [0.717, 1.165) is 17.3 Å². The number of nitrogens with zero attached hydrogens (tertiary/aromatic N) is 1. The second kappa shape index (κ2) is 6.17. The number of halogens is 1. The molecule has 5 nitrogen and oxygen atoms in total. The summed E-state index contributed by atoms with van der Waals surface area (Å²) in [6, 6.07) is 5.54. The number of aliphatic carboxylic acids is 1. The van der Waals surface area contributed by atoms with Gasteiger partial charge in [-0.05, 0) is 43.5 Å². The number of likely N-dealkylation sites (tertiary alicyclic amines) is 1. The molecule has 0 aromatic heterocycles. The van der Waals surface area contributed by atoms with Crippen LogP contribution in [0.2, 0.25) is 0 Å². The molecule has 1 N–H and O–H groups in total. The first-order chi connectivity index (χ1) is 9.50. The van der Waals surface area contributed by atoms with E-state index in [2.05, 4.69) is 15.9 Å². The summed E-state index contributed by atoms with van der Waals surface area (Å²) in [6.07, 6.45) is 1.88. The number of ketones is 1. The smallest absolute Gasteiger partial charge is 0.326 e. The fourth-order valence-electron chi connectivity index (χ4n) is 2.29. The van der Waals surface area contributed by atoms with Crippen LogP contribution in [0.25, 0.3) is 0 Å². The summed E-state index contributed by atoms with van der Waals surface area (Å²) in [5, 5.41) is 9.13. The molecule has 0 unspecified atom stereocenters. The molecule has 1 saturated heterocycles. The van der Waals surface area contributed by atoms with Crippen molar-refractivity contribution in [3.05, 3.63) is 34.3 Å². The Hall–Kier alpha value is -1.69. The van der Waals surface area contributed by atoms with E-state index in [1.54, 1.807) is 24.3 Å². The Morgan fingerprint density at radius 3 is 2.40 bits per heavy atom. The van der Waals surface area contributed by atoms with Crippen LogP contribution >= 0.6 is 15.9 Å². The zero-order chi connectivity index (χ0) is 14.7. The highest BCUT2D eigenvalue weighted by atomic mass is 79.9. The molecule has 0 spiro atoms. The van der Waals surface area contributed by atoms with Crippen LogP contribution in [0.3, 0.4) is 0 Å². The molecule has 1 aromatic rings. The Labute approximate surface area is 124 Å². The lowest BCUT2D eigenvalue weighted by atomic mass is 10.0. The van der Waals surface area contributed by atoms with Crippen LogP contribution in [0.15, 0.2) is 28.7 Å². The number of hydrogen-bond donors (Lipinski definition) is 1. The second-order valence-electron chi connectivity index (χ2n) is 4.68. The van der Waals surface area contributed by atoms with Crippen LogP contribution in [0.4, 0.5) is 0 Å². The van der Waals surface area contributed by atoms with E-state index >= 15 is 0 Å². The highest BCUT2D eigenvalue weighted by molar-refractivity contribution is 9.10. The third kappa shape index (κ3) is 3.07. The van der Waals surface area contributed by atoms with Crippen molar-refractivity contribution >= 4 is 33.6 Å². The third-order valence-electron chi connectivity index (χ3n) is 3.35. The Morgan fingerprint density at radius 2 is 1.80 bits per heavy atom. The van der Waals surface area contributed by atoms with Gasteiger partial charge in [-0.1, -0.05) is 15.9 Å². The van der Waals surface area contributed by atoms with Gasteiger partial charge in [0, 0.05) is 16.6 Å². The Kier molecular flexibility index (Phi) is 4.54. The van der Waals surface area contributed by atoms with Gasteiger partial charge in [0.1, 0.15) is 6.04 Å². The molecule has 1 aliphatic rings. The molecule has 20 heavy (non-hydrogen) atoms. The summed E-state index contributed by atoms with van der Waals surface area (Å²) < 4.78 is 0.808. The van der Waals surface area contributed by atoms with E-state index in [9.17, 15) is 14.4 Å². The molecule has 1 aliphatic heterocycles. The van der Waals surface area contributed by atoms with E-state index in [0.29, 0.717) is 13.0 Å². The minimum atomic E-state index is -1.05. The topological polar surface area (TPSA) is 74.7 Å². The SMILES string of the molecule is O=C(C(=O)N1CCCC[C@H]1C(=O)O)c1ccc(Br)cc1. The average Bonchev–Trinajstić information content (AvgIpc) is 2.46. The first kappa shape index (κ1) is 14.7. The minimum Gasteiger partial charge on any atom is -0.480 e. The van der Waals surface area contributed by atoms with Gasteiger partial charge >= 0.3 is 5.97 Å². The number of rotatable bonds is 3. The van der Waals surface area contributed by atoms with Crippen LogP contribution in [-0.4, -0.2) is 40.3 Å². The zero-order valence-electron chi connectivity index (χ0n) is 10.7. The Morgan fingerprint density at radius 1 is 1.15 bits per heavy atom. The third-order valence-corrected chi connectivity index (χ3v) is 3.88. The van der Waals surface area contributed by atoms with Crippen LogP contribution in [-0.2, 0) is 9.59 Å². The van der Waals surface area contributed by atoms with Gasteiger partial charge in [0.2, 0.25) is 5.78 Å². The molecule has 6 heteroatoms. The summed E-state index contributed by atoms with van der Waals surface area (Å²) in [5.41, 5.74) is 0.271. The number of Topliss-reactive ketones (excluding diaryl/α,β-unsaturated/α-hetero) is 1. The molecule has 1 amide bonds. The molecule has 1 heterocycles. The zero-order valence-corrected chi connectivity index (χ0v) is 12.3. The van der Waals surface area contributed by atoms with Gasteiger partial charge in [0.15, 0.2) is 0 Å². The Bertz CT molecular complexity index is 541. The second-order valence-corrected chi connectivity index (χ2v) is 5.60. The highest BCUT2D eigenvalue weighted by Gasteiger charge is 2.35. The summed E-state index contributed by atoms with van der Waals surface area (Å²) in [4.78, 5) is 36.7. The first-order valence-electron chi connectivity index (χ1n) is 6.34. The van der Waals surface area contributed by atoms with Crippen molar-refractivity contribution in [2.45, 2.75) is 25.3 Å². The predicted molar refractivity (Wildman–Crippen MR) is 75.5 cm³/mol. The summed E-state index contributed by atoms with van der Waals surface area (Å²) in [5.74, 6) is -2.45. The number of carbonyl (C=O) groups excluding carboxylic acids is 2. The van der Waals surface area contributed by atoms with Gasteiger partial charge in [-0.25, -0.2) is 4.79 Å². The molecule has 106 valence electrons. The van der Waals surface area contributed by atoms with Crippen LogP contribution in [0.5, 0.6) is 0 Å². The molecule has 0 aliphatic carbocycles. The highest BCUT2D eigenvalue weighted by Crippen LogP contribution is 2.19. The number of benzene rings is 1. The Balaban J connectivity index is 2.18. The molecule has 1 aromatic carbocycles. The number of hydrogen-bond acceptors (Lipinski definition) is 3. The number of carbonyl (C=O) groups is 3. The van der Waals surface area contributed by atoms with Crippen molar-refractivity contribution < 1.29 is 19.5 Å². The standard InChI is InChI=1S/C14H14BrNO4/c15-10-6-4-9(5-7-10)12(17)13(18)16-8-2-1-3-11(16)14(19)20/h4-7,11H,1-3,8H2,(H,19,20)/t11-/m0/s1. The normalized spacial score (nSPS) is 18.6. The molecular formula is C14H14BrNO4. The monoisotopic (exact) mass is 339 g/mol. The lowest BCUT2D eigenvalue weighted by Crippen LogP contribution is -2.50. The molecule has 2 rings (SSSR count). The maximum atomic E-state index is 12.2. The van der Waals surface area contributed by atoms with Crippen LogP contribution < -0.4 is 0 Å². The van der Waals surface area contributed by atoms with Crippen LogP contribution in [0.1, 0.15) is 29.6 Å². The van der Waals surface area contributed by atoms with Gasteiger partial charge in [-0.15, -0.1) is 0 Å². The van der Waals surface area contributed by atoms with Gasteiger partial charge in [0.05, 0.1) is 0 Å². The van der Waals surface area contributed by atoms with Crippen molar-refractivity contribution in [1.82, 2.24) is 4.90 Å². The predicted octanol–water partition coefficient (Wildman–Crippen LogP) is 2.10. The van der Waals surface area contributed by atoms with E-state index in [4.69, 9.17) is 5.11 Å². The molecular weight excluding hydrogens is 326 g/mol. The number of carboxylic acid groups (broad SMARTS) is 1. The van der Waals surface area contributed by atoms with E-state index < -0.39 is 23.7 Å². The quantitative estimate of drug-likeness (QED) is 0.675. The summed E-state index contributed by atoms with van der Waals surface area (Å²) in [7, 11) is 0.